The first-order valence-corrected chi connectivity index (χ1v) is 10.9. The Morgan fingerprint density at radius 3 is 2.23 bits per heavy atom. The molecule has 10 heteroatoms. The summed E-state index contributed by atoms with van der Waals surface area (Å²) in [5.41, 5.74) is 3.41. The first-order valence-electron chi connectivity index (χ1n) is 10.5. The van der Waals surface area contributed by atoms with Crippen molar-refractivity contribution in [3.05, 3.63) is 105 Å². The average molecular weight is 496 g/mol. The highest BCUT2D eigenvalue weighted by molar-refractivity contribution is 6.30. The molecule has 2 aromatic carbocycles. The van der Waals surface area contributed by atoms with Gasteiger partial charge in [-0.2, -0.15) is 22.8 Å². The number of benzene rings is 2. The molecule has 3 aromatic heterocycles. The van der Waals surface area contributed by atoms with Crippen molar-refractivity contribution in [2.24, 2.45) is 0 Å². The number of aryl methyl sites for hydroxylation is 1. The number of aromatic nitrogens is 5. The maximum atomic E-state index is 13.1. The summed E-state index contributed by atoms with van der Waals surface area (Å²) in [5, 5.41) is 9.41. The Kier molecular flexibility index (Phi) is 5.64. The number of nitrogens with zero attached hydrogens (tertiary/aromatic N) is 5. The maximum absolute atomic E-state index is 13.1. The first kappa shape index (κ1) is 22.8. The smallest absolute Gasteiger partial charge is 0.251 e. The van der Waals surface area contributed by atoms with E-state index in [1.54, 1.807) is 18.3 Å². The number of hydrogen-bond acceptors (Lipinski definition) is 4. The van der Waals surface area contributed by atoms with Crippen molar-refractivity contribution in [3.8, 4) is 22.3 Å². The van der Waals surface area contributed by atoms with Crippen LogP contribution in [0.1, 0.15) is 16.8 Å². The van der Waals surface area contributed by atoms with Gasteiger partial charge in [0, 0.05) is 22.3 Å². The van der Waals surface area contributed by atoms with E-state index in [2.05, 4.69) is 15.2 Å². The first-order chi connectivity index (χ1) is 16.7. The van der Waals surface area contributed by atoms with Crippen LogP contribution in [-0.4, -0.2) is 24.4 Å². The molecule has 0 saturated heterocycles. The lowest BCUT2D eigenvalue weighted by Crippen LogP contribution is -2.23. The van der Waals surface area contributed by atoms with Crippen LogP contribution in [0.3, 0.4) is 0 Å². The topological polar surface area (TPSA) is 65.1 Å². The fourth-order valence-corrected chi connectivity index (χ4v) is 3.90. The largest absolute Gasteiger partial charge is 0.433 e. The Morgan fingerprint density at radius 1 is 0.914 bits per heavy atom. The second kappa shape index (κ2) is 8.66. The Labute approximate surface area is 202 Å². The lowest BCUT2D eigenvalue weighted by molar-refractivity contribution is -0.141. The SMILES string of the molecule is Cc1ccc(-c2c(-c3ccc(Cl)cc3)cnn3c(=O)n(Cc4ccc(C(F)(F)F)nc4)nc23)cc1. The highest BCUT2D eigenvalue weighted by Crippen LogP contribution is 2.34. The van der Waals surface area contributed by atoms with Gasteiger partial charge >= 0.3 is 11.9 Å². The van der Waals surface area contributed by atoms with E-state index in [9.17, 15) is 18.0 Å². The molecule has 0 amide bonds. The van der Waals surface area contributed by atoms with Crippen molar-refractivity contribution < 1.29 is 13.2 Å². The quantitative estimate of drug-likeness (QED) is 0.323. The molecule has 5 aromatic rings. The molecule has 3 heterocycles. The van der Waals surface area contributed by atoms with Crippen molar-refractivity contribution >= 4 is 17.2 Å². The highest BCUT2D eigenvalue weighted by Gasteiger charge is 2.32. The maximum Gasteiger partial charge on any atom is 0.433 e. The molecule has 0 bridgehead atoms. The number of pyridine rings is 1. The number of fused-ring (bicyclic) bond motifs is 1. The summed E-state index contributed by atoms with van der Waals surface area (Å²) in [4.78, 5) is 16.5. The van der Waals surface area contributed by atoms with Gasteiger partial charge in [0.15, 0.2) is 5.65 Å². The van der Waals surface area contributed by atoms with Crippen LogP contribution >= 0.6 is 11.6 Å². The van der Waals surface area contributed by atoms with E-state index in [1.165, 1.54) is 10.6 Å². The fourth-order valence-electron chi connectivity index (χ4n) is 3.77. The summed E-state index contributed by atoms with van der Waals surface area (Å²) in [5.74, 6) is 0. The third kappa shape index (κ3) is 4.42. The van der Waals surface area contributed by atoms with Crippen LogP contribution < -0.4 is 5.69 Å². The molecule has 0 unspecified atom stereocenters. The zero-order chi connectivity index (χ0) is 24.7. The Bertz CT molecular complexity index is 1570. The normalized spacial score (nSPS) is 11.8. The van der Waals surface area contributed by atoms with Crippen LogP contribution in [0.25, 0.3) is 27.9 Å². The summed E-state index contributed by atoms with van der Waals surface area (Å²) >= 11 is 6.06. The molecule has 0 spiro atoms. The molecule has 0 N–H and O–H groups in total. The van der Waals surface area contributed by atoms with Gasteiger partial charge in [0.05, 0.1) is 12.7 Å². The van der Waals surface area contributed by atoms with Gasteiger partial charge < -0.3 is 0 Å². The van der Waals surface area contributed by atoms with Crippen molar-refractivity contribution in [2.45, 2.75) is 19.6 Å². The molecular weight excluding hydrogens is 479 g/mol. The minimum absolute atomic E-state index is 0.0586. The number of hydrogen-bond donors (Lipinski definition) is 0. The monoisotopic (exact) mass is 495 g/mol. The summed E-state index contributed by atoms with van der Waals surface area (Å²) in [7, 11) is 0. The Morgan fingerprint density at radius 2 is 1.60 bits per heavy atom. The van der Waals surface area contributed by atoms with E-state index in [0.717, 1.165) is 39.2 Å². The van der Waals surface area contributed by atoms with E-state index in [4.69, 9.17) is 11.6 Å². The third-order valence-corrected chi connectivity index (χ3v) is 5.81. The molecule has 0 aliphatic carbocycles. The van der Waals surface area contributed by atoms with Crippen LogP contribution in [0.15, 0.2) is 77.9 Å². The molecule has 176 valence electrons. The van der Waals surface area contributed by atoms with Crippen LogP contribution in [0, 0.1) is 6.92 Å². The molecule has 0 saturated carbocycles. The van der Waals surface area contributed by atoms with Crippen molar-refractivity contribution in [1.29, 1.82) is 0 Å². The Hall–Kier alpha value is -3.98. The van der Waals surface area contributed by atoms with Gasteiger partial charge in [0.1, 0.15) is 5.69 Å². The van der Waals surface area contributed by atoms with Gasteiger partial charge in [-0.1, -0.05) is 59.6 Å². The van der Waals surface area contributed by atoms with E-state index in [-0.39, 0.29) is 6.54 Å². The van der Waals surface area contributed by atoms with Gasteiger partial charge in [-0.3, -0.25) is 4.98 Å². The van der Waals surface area contributed by atoms with Crippen molar-refractivity contribution in [2.75, 3.05) is 0 Å². The molecular formula is C25H17ClF3N5O. The zero-order valence-electron chi connectivity index (χ0n) is 18.3. The minimum atomic E-state index is -4.54. The molecule has 0 radical (unpaired) electrons. The molecule has 0 aliphatic rings. The van der Waals surface area contributed by atoms with Crippen LogP contribution in [-0.2, 0) is 12.7 Å². The van der Waals surface area contributed by atoms with Gasteiger partial charge in [0.2, 0.25) is 0 Å². The summed E-state index contributed by atoms with van der Waals surface area (Å²) in [6, 6.07) is 17.2. The van der Waals surface area contributed by atoms with Gasteiger partial charge in [-0.05, 0) is 41.8 Å². The van der Waals surface area contributed by atoms with E-state index < -0.39 is 17.6 Å². The van der Waals surface area contributed by atoms with Crippen LogP contribution in [0.2, 0.25) is 5.02 Å². The predicted octanol–water partition coefficient (Wildman–Crippen LogP) is 5.65. The van der Waals surface area contributed by atoms with Crippen LogP contribution in [0.5, 0.6) is 0 Å². The van der Waals surface area contributed by atoms with Gasteiger partial charge in [-0.15, -0.1) is 5.10 Å². The van der Waals surface area contributed by atoms with E-state index in [0.29, 0.717) is 21.8 Å². The minimum Gasteiger partial charge on any atom is -0.251 e. The number of alkyl halides is 3. The van der Waals surface area contributed by atoms with E-state index >= 15 is 0 Å². The molecule has 0 atom stereocenters. The van der Waals surface area contributed by atoms with Crippen molar-refractivity contribution in [3.63, 3.8) is 0 Å². The Balaban J connectivity index is 1.66. The lowest BCUT2D eigenvalue weighted by atomic mass is 9.96. The number of rotatable bonds is 4. The second-order valence-electron chi connectivity index (χ2n) is 8.03. The van der Waals surface area contributed by atoms with Crippen molar-refractivity contribution in [1.82, 2.24) is 24.4 Å². The summed E-state index contributed by atoms with van der Waals surface area (Å²) in [6.07, 6.45) is -1.85. The molecule has 6 nitrogen and oxygen atoms in total. The highest BCUT2D eigenvalue weighted by atomic mass is 35.5. The molecule has 0 fully saturated rings. The summed E-state index contributed by atoms with van der Waals surface area (Å²) < 4.78 is 40.8. The third-order valence-electron chi connectivity index (χ3n) is 5.56. The fraction of sp³-hybridized carbons (Fsp3) is 0.120. The zero-order valence-corrected chi connectivity index (χ0v) is 19.0. The van der Waals surface area contributed by atoms with Gasteiger partial charge in [-0.25, -0.2) is 9.48 Å². The van der Waals surface area contributed by atoms with E-state index in [1.807, 2.05) is 43.3 Å². The average Bonchev–Trinajstić information content (AvgIpc) is 3.14. The molecule has 0 aliphatic heterocycles. The van der Waals surface area contributed by atoms with Crippen LogP contribution in [0.4, 0.5) is 13.2 Å². The summed E-state index contributed by atoms with van der Waals surface area (Å²) in [6.45, 7) is 1.92. The predicted molar refractivity (Wildman–Crippen MR) is 126 cm³/mol. The standard InChI is InChI=1S/C25H17ClF3N5O/c1-15-2-5-18(6-3-15)22-20(17-7-9-19(26)10-8-17)13-31-34-23(22)32-33(24(34)35)14-16-4-11-21(30-12-16)25(27,28)29/h2-13H,14H2,1H3. The lowest BCUT2D eigenvalue weighted by Gasteiger charge is -2.11. The molecule has 5 rings (SSSR count). The number of halogens is 4. The molecule has 35 heavy (non-hydrogen) atoms. The second-order valence-corrected chi connectivity index (χ2v) is 8.47. The van der Waals surface area contributed by atoms with Gasteiger partial charge in [0.25, 0.3) is 0 Å².